The summed E-state index contributed by atoms with van der Waals surface area (Å²) >= 11 is 0. The van der Waals surface area contributed by atoms with E-state index in [1.54, 1.807) is 0 Å². The Labute approximate surface area is 204 Å². The van der Waals surface area contributed by atoms with Crippen LogP contribution in [0.15, 0.2) is 30.3 Å². The Morgan fingerprint density at radius 1 is 1.11 bits per heavy atom. The van der Waals surface area contributed by atoms with Gasteiger partial charge in [-0.05, 0) is 86.6 Å². The molecule has 1 atom stereocenters. The van der Waals surface area contributed by atoms with E-state index in [1.165, 1.54) is 24.1 Å². The highest BCUT2D eigenvalue weighted by Gasteiger charge is 2.30. The molecule has 1 amide bonds. The van der Waals surface area contributed by atoms with Gasteiger partial charge >= 0.3 is 5.97 Å². The third kappa shape index (κ3) is 7.31. The van der Waals surface area contributed by atoms with E-state index >= 15 is 0 Å². The van der Waals surface area contributed by atoms with E-state index in [1.807, 2.05) is 0 Å². The number of carboxylic acids is 1. The van der Waals surface area contributed by atoms with E-state index in [4.69, 9.17) is 9.72 Å². The quantitative estimate of drug-likeness (QED) is 0.498. The summed E-state index contributed by atoms with van der Waals surface area (Å²) in [6.45, 7) is 0.218. The van der Waals surface area contributed by atoms with Crippen molar-refractivity contribution in [1.29, 1.82) is 0 Å². The number of hydrogen-bond acceptors (Lipinski definition) is 4. The predicted octanol–water partition coefficient (Wildman–Crippen LogP) is 4.17. The molecule has 1 fully saturated rings. The van der Waals surface area contributed by atoms with Crippen molar-refractivity contribution in [2.45, 2.75) is 76.4 Å². The average Bonchev–Trinajstić information content (AvgIpc) is 2.78. The van der Waals surface area contributed by atoms with E-state index in [9.17, 15) is 23.5 Å². The first kappa shape index (κ1) is 25.2. The number of ether oxygens (including phenoxy) is 1. The number of carboxylic acid groups (broad SMARTS) is 1. The van der Waals surface area contributed by atoms with Crippen molar-refractivity contribution in [2.75, 3.05) is 6.61 Å². The van der Waals surface area contributed by atoms with Crippen molar-refractivity contribution in [3.63, 3.8) is 0 Å². The van der Waals surface area contributed by atoms with Gasteiger partial charge in [-0.15, -0.1) is 0 Å². The number of benzene rings is 1. The number of pyridine rings is 1. The van der Waals surface area contributed by atoms with Crippen molar-refractivity contribution in [3.8, 4) is 0 Å². The number of nitrogens with one attached hydrogen (secondary N) is 1. The topological polar surface area (TPSA) is 88.5 Å². The fourth-order valence-electron chi connectivity index (χ4n) is 4.92. The number of rotatable bonds is 11. The molecule has 35 heavy (non-hydrogen) atoms. The van der Waals surface area contributed by atoms with Gasteiger partial charge < -0.3 is 15.2 Å². The van der Waals surface area contributed by atoms with E-state index in [0.29, 0.717) is 12.0 Å². The van der Waals surface area contributed by atoms with Crippen LogP contribution in [-0.2, 0) is 40.0 Å². The van der Waals surface area contributed by atoms with Crippen molar-refractivity contribution in [1.82, 2.24) is 10.3 Å². The number of nitrogens with zero attached hydrogens (tertiary/aromatic N) is 1. The number of hydrogen-bond donors (Lipinski definition) is 2. The van der Waals surface area contributed by atoms with Crippen molar-refractivity contribution in [2.24, 2.45) is 5.92 Å². The summed E-state index contributed by atoms with van der Waals surface area (Å²) in [6, 6.07) is 6.09. The number of aromatic nitrogens is 1. The van der Waals surface area contributed by atoms with E-state index in [-0.39, 0.29) is 31.1 Å². The number of amides is 1. The molecular weight excluding hydrogens is 454 g/mol. The highest BCUT2D eigenvalue weighted by molar-refractivity contribution is 5.84. The molecule has 1 heterocycles. The molecular formula is C27H32F2N2O4. The molecule has 6 nitrogen and oxygen atoms in total. The summed E-state index contributed by atoms with van der Waals surface area (Å²) < 4.78 is 32.4. The maximum atomic E-state index is 13.3. The molecule has 2 aliphatic rings. The van der Waals surface area contributed by atoms with Crippen molar-refractivity contribution < 1.29 is 28.2 Å². The molecule has 1 aromatic heterocycles. The van der Waals surface area contributed by atoms with Crippen LogP contribution in [0.4, 0.5) is 8.78 Å². The van der Waals surface area contributed by atoms with Crippen LogP contribution in [0.25, 0.3) is 0 Å². The molecule has 1 saturated carbocycles. The lowest BCUT2D eigenvalue weighted by Crippen LogP contribution is -2.43. The van der Waals surface area contributed by atoms with Crippen molar-refractivity contribution in [3.05, 3.63) is 64.5 Å². The number of carbonyl (C=O) groups is 2. The largest absolute Gasteiger partial charge is 0.480 e. The molecule has 1 aromatic carbocycles. The molecule has 0 bridgehead atoms. The first-order valence-corrected chi connectivity index (χ1v) is 12.4. The van der Waals surface area contributed by atoms with Crippen LogP contribution in [0.1, 0.15) is 61.0 Å². The molecule has 4 rings (SSSR count). The molecule has 2 N–H and O–H groups in total. The fourth-order valence-corrected chi connectivity index (χ4v) is 4.92. The summed E-state index contributed by atoms with van der Waals surface area (Å²) in [7, 11) is 0. The Morgan fingerprint density at radius 3 is 2.60 bits per heavy atom. The summed E-state index contributed by atoms with van der Waals surface area (Å²) in [6.07, 6.45) is 8.57. The van der Waals surface area contributed by atoms with Crippen LogP contribution in [0.2, 0.25) is 0 Å². The second-order valence-electron chi connectivity index (χ2n) is 9.69. The molecule has 188 valence electrons. The fraction of sp³-hybridized carbons (Fsp3) is 0.519. The van der Waals surface area contributed by atoms with Crippen LogP contribution in [0, 0.1) is 17.6 Å². The lowest BCUT2D eigenvalue weighted by molar-refractivity contribution is -0.142. The molecule has 8 heteroatoms. The third-order valence-electron chi connectivity index (χ3n) is 6.92. The Kier molecular flexibility index (Phi) is 8.44. The van der Waals surface area contributed by atoms with Crippen LogP contribution < -0.4 is 5.32 Å². The number of aliphatic carboxylic acids is 1. The monoisotopic (exact) mass is 486 g/mol. The van der Waals surface area contributed by atoms with Crippen molar-refractivity contribution >= 4 is 11.9 Å². The summed E-state index contributed by atoms with van der Waals surface area (Å²) in [5, 5.41) is 11.8. The highest BCUT2D eigenvalue weighted by atomic mass is 19.1. The normalized spacial score (nSPS) is 19.9. The molecule has 0 radical (unpaired) electrons. The standard InChI is InChI=1S/C27H32F2N2O4/c28-20-11-18(12-21(29)16-20)15-26(32)31-25(27(33)34)9-10-35-23-13-17(14-23)5-7-22-8-6-19-3-1-2-4-24(19)30-22/h6,8,11-12,16-17,23,25H,1-5,7,9-10,13-15H2,(H,31,32)(H,33,34)/t17?,23?,25-/m0/s1. The predicted molar refractivity (Wildman–Crippen MR) is 126 cm³/mol. The maximum absolute atomic E-state index is 13.3. The number of fused-ring (bicyclic) bond motifs is 1. The zero-order chi connectivity index (χ0) is 24.8. The Balaban J connectivity index is 1.13. The van der Waals surface area contributed by atoms with E-state index < -0.39 is 29.6 Å². The summed E-state index contributed by atoms with van der Waals surface area (Å²) in [5.41, 5.74) is 3.98. The highest BCUT2D eigenvalue weighted by Crippen LogP contribution is 2.34. The molecule has 2 aromatic rings. The van der Waals surface area contributed by atoms with Gasteiger partial charge in [0.1, 0.15) is 17.7 Å². The Bertz CT molecular complexity index is 1040. The van der Waals surface area contributed by atoms with Crippen LogP contribution in [0.5, 0.6) is 0 Å². The number of carbonyl (C=O) groups excluding carboxylic acids is 1. The lowest BCUT2D eigenvalue weighted by atomic mass is 9.79. The van der Waals surface area contributed by atoms with Gasteiger partial charge in [-0.2, -0.15) is 0 Å². The van der Waals surface area contributed by atoms with E-state index in [0.717, 1.165) is 56.4 Å². The minimum Gasteiger partial charge on any atom is -0.480 e. The van der Waals surface area contributed by atoms with Crippen LogP contribution in [-0.4, -0.2) is 40.7 Å². The SMILES string of the molecule is O=C(Cc1cc(F)cc(F)c1)N[C@@H](CCOC1CC(CCc2ccc3c(n2)CCCC3)C1)C(=O)O. The second-order valence-corrected chi connectivity index (χ2v) is 9.69. The minimum atomic E-state index is -1.17. The minimum absolute atomic E-state index is 0.108. The second kappa shape index (κ2) is 11.7. The average molecular weight is 487 g/mol. The Morgan fingerprint density at radius 2 is 1.86 bits per heavy atom. The van der Waals surface area contributed by atoms with Gasteiger partial charge in [-0.1, -0.05) is 6.07 Å². The summed E-state index contributed by atoms with van der Waals surface area (Å²) in [5.74, 6) is -2.76. The maximum Gasteiger partial charge on any atom is 0.326 e. The first-order chi connectivity index (χ1) is 16.9. The van der Waals surface area contributed by atoms with Gasteiger partial charge in [0, 0.05) is 30.5 Å². The van der Waals surface area contributed by atoms with E-state index in [2.05, 4.69) is 17.4 Å². The molecule has 0 unspecified atom stereocenters. The molecule has 0 saturated heterocycles. The van der Waals surface area contributed by atoms with Crippen LogP contribution >= 0.6 is 0 Å². The number of aryl methyl sites for hydroxylation is 3. The zero-order valence-electron chi connectivity index (χ0n) is 19.8. The van der Waals surface area contributed by atoms with Gasteiger partial charge in [0.25, 0.3) is 0 Å². The molecule has 0 aliphatic heterocycles. The molecule has 0 spiro atoms. The smallest absolute Gasteiger partial charge is 0.326 e. The lowest BCUT2D eigenvalue weighted by Gasteiger charge is -2.35. The first-order valence-electron chi connectivity index (χ1n) is 12.4. The zero-order valence-corrected chi connectivity index (χ0v) is 19.8. The Hall–Kier alpha value is -2.87. The van der Waals surface area contributed by atoms with Gasteiger partial charge in [0.2, 0.25) is 5.91 Å². The van der Waals surface area contributed by atoms with Crippen LogP contribution in [0.3, 0.4) is 0 Å². The molecule has 2 aliphatic carbocycles. The third-order valence-corrected chi connectivity index (χ3v) is 6.92. The van der Waals surface area contributed by atoms with Gasteiger partial charge in [-0.3, -0.25) is 9.78 Å². The van der Waals surface area contributed by atoms with Gasteiger partial charge in [0.05, 0.1) is 12.5 Å². The van der Waals surface area contributed by atoms with Gasteiger partial charge in [-0.25, -0.2) is 13.6 Å². The number of halogens is 2. The summed E-state index contributed by atoms with van der Waals surface area (Å²) in [4.78, 5) is 28.5. The van der Waals surface area contributed by atoms with Gasteiger partial charge in [0.15, 0.2) is 0 Å².